The van der Waals surface area contributed by atoms with Gasteiger partial charge in [-0.05, 0) is 19.8 Å². The maximum absolute atomic E-state index is 2.48. The Morgan fingerprint density at radius 3 is 1.59 bits per heavy atom. The van der Waals surface area contributed by atoms with Crippen LogP contribution in [0.5, 0.6) is 0 Å². The number of rotatable bonds is 2. The Bertz CT molecular complexity index is 332. The first-order valence-corrected chi connectivity index (χ1v) is 15.7. The van der Waals surface area contributed by atoms with Crippen LogP contribution in [0.1, 0.15) is 41.5 Å². The smallest absolute Gasteiger partial charge is 0.0469 e. The van der Waals surface area contributed by atoms with Gasteiger partial charge in [0.2, 0.25) is 0 Å². The zero-order chi connectivity index (χ0) is 13.3. The van der Waals surface area contributed by atoms with Crippen molar-refractivity contribution in [1.29, 1.82) is 0 Å². The van der Waals surface area contributed by atoms with E-state index in [0.29, 0.717) is 10.1 Å². The lowest BCUT2D eigenvalue weighted by Gasteiger charge is -2.43. The Morgan fingerprint density at radius 2 is 1.24 bits per heavy atom. The van der Waals surface area contributed by atoms with Crippen molar-refractivity contribution in [2.24, 2.45) is 0 Å². The molecule has 0 saturated carbocycles. The van der Waals surface area contributed by atoms with Crippen molar-refractivity contribution in [2.45, 2.75) is 51.6 Å². The quantitative estimate of drug-likeness (QED) is 0.726. The molecule has 0 nitrogen and oxygen atoms in total. The zero-order valence-corrected chi connectivity index (χ0v) is 16.9. The molecule has 0 heterocycles. The van der Waals surface area contributed by atoms with Crippen molar-refractivity contribution < 1.29 is 0 Å². The van der Waals surface area contributed by atoms with Gasteiger partial charge in [0.1, 0.15) is 0 Å². The monoisotopic (exact) mass is 280 g/mol. The van der Waals surface area contributed by atoms with Crippen LogP contribution in [0.2, 0.25) is 10.1 Å². The maximum Gasteiger partial charge on any atom is 0.0469 e. The molecule has 0 aliphatic rings. The number of hydrogen-bond donors (Lipinski definition) is 0. The second-order valence-corrected chi connectivity index (χ2v) is 26.8. The van der Waals surface area contributed by atoms with E-state index in [1.807, 2.05) is 0 Å². The molecule has 0 aromatic heterocycles. The summed E-state index contributed by atoms with van der Waals surface area (Å²) in [6, 6.07) is 11.4. The van der Waals surface area contributed by atoms with Gasteiger partial charge < -0.3 is 0 Å². The Labute approximate surface area is 113 Å². The molecule has 1 aromatic carbocycles. The average molecular weight is 281 g/mol. The van der Waals surface area contributed by atoms with Crippen LogP contribution in [-0.2, 0) is 0 Å². The van der Waals surface area contributed by atoms with E-state index in [1.54, 1.807) is 5.19 Å². The molecule has 1 unspecified atom stereocenters. The van der Waals surface area contributed by atoms with Crippen LogP contribution in [0.3, 0.4) is 0 Å². The second-order valence-electron chi connectivity index (χ2n) is 7.41. The molecule has 0 radical (unpaired) electrons. The summed E-state index contributed by atoms with van der Waals surface area (Å²) in [6.45, 7) is 14.9. The topological polar surface area (TPSA) is 0 Å². The van der Waals surface area contributed by atoms with Crippen molar-refractivity contribution in [2.75, 3.05) is 0 Å². The first-order chi connectivity index (χ1) is 7.64. The van der Waals surface area contributed by atoms with Gasteiger partial charge in [0.05, 0.1) is 0 Å². The second kappa shape index (κ2) is 5.24. The minimum Gasteiger partial charge on any atom is -0.0695 e. The third-order valence-corrected chi connectivity index (χ3v) is 28.0. The molecule has 0 saturated heterocycles. The van der Waals surface area contributed by atoms with Gasteiger partial charge in [0, 0.05) is 16.1 Å². The summed E-state index contributed by atoms with van der Waals surface area (Å²) in [5.74, 6) is 0. The van der Waals surface area contributed by atoms with E-state index < -0.39 is 16.1 Å². The molecule has 0 aliphatic carbocycles. The van der Waals surface area contributed by atoms with Crippen LogP contribution in [0.4, 0.5) is 0 Å². The molecule has 0 amide bonds. The molecule has 0 bridgehead atoms. The maximum atomic E-state index is 2.48. The van der Waals surface area contributed by atoms with E-state index in [0.717, 1.165) is 0 Å². The molecule has 3 heteroatoms. The molecule has 0 fully saturated rings. The highest BCUT2D eigenvalue weighted by molar-refractivity contribution is 7.47. The molecular weight excluding hydrogens is 252 g/mol. The molecule has 96 valence electrons. The van der Waals surface area contributed by atoms with E-state index in [9.17, 15) is 0 Å². The molecule has 0 aliphatic heterocycles. The summed E-state index contributed by atoms with van der Waals surface area (Å²) in [5.41, 5.74) is 0. The van der Waals surface area contributed by atoms with E-state index in [2.05, 4.69) is 71.9 Å². The Hall–Kier alpha value is -0.129. The third-order valence-electron chi connectivity index (χ3n) is 3.69. The molecule has 1 aromatic rings. The average Bonchev–Trinajstić information content (AvgIpc) is 2.14. The SMILES string of the molecule is CC(C)(C)[SiH]([SiH]([SiH3])c1ccccc1)C(C)(C)C. The van der Waals surface area contributed by atoms with Crippen molar-refractivity contribution in [1.82, 2.24) is 0 Å². The zero-order valence-electron chi connectivity index (χ0n) is 12.5. The van der Waals surface area contributed by atoms with Gasteiger partial charge in [-0.25, -0.2) is 0 Å². The standard InChI is InChI=1S/C14H28Si3/c1-13(2,3)17(14(4,5)6)16(15)12-10-8-7-9-11-12/h7-11,16-17H,1-6,15H3. The van der Waals surface area contributed by atoms with Crippen LogP contribution < -0.4 is 5.19 Å². The first-order valence-electron chi connectivity index (χ1n) is 6.69. The highest BCUT2D eigenvalue weighted by atomic mass is 29.6. The predicted octanol–water partition coefficient (Wildman–Crippen LogP) is 1.89. The van der Waals surface area contributed by atoms with Gasteiger partial charge in [-0.1, -0.05) is 77.1 Å². The van der Waals surface area contributed by atoms with Crippen molar-refractivity contribution in [3.05, 3.63) is 30.3 Å². The summed E-state index contributed by atoms with van der Waals surface area (Å²) < 4.78 is 0. The van der Waals surface area contributed by atoms with E-state index in [4.69, 9.17) is 0 Å². The Kier molecular flexibility index (Phi) is 4.61. The lowest BCUT2D eigenvalue weighted by molar-refractivity contribution is 0.659. The van der Waals surface area contributed by atoms with Crippen LogP contribution in [0, 0.1) is 0 Å². The lowest BCUT2D eigenvalue weighted by Crippen LogP contribution is -2.55. The first kappa shape index (κ1) is 14.9. The molecule has 0 N–H and O–H groups in total. The third kappa shape index (κ3) is 3.93. The van der Waals surface area contributed by atoms with Gasteiger partial charge >= 0.3 is 0 Å². The molecule has 1 atom stereocenters. The number of benzene rings is 1. The van der Waals surface area contributed by atoms with E-state index in [-0.39, 0.29) is 0 Å². The Morgan fingerprint density at radius 1 is 0.824 bits per heavy atom. The molecule has 0 spiro atoms. The fraction of sp³-hybridized carbons (Fsp3) is 0.571. The molecule has 17 heavy (non-hydrogen) atoms. The summed E-state index contributed by atoms with van der Waals surface area (Å²) in [5, 5.41) is 2.85. The largest absolute Gasteiger partial charge is 0.0695 e. The number of hydrogen-bond acceptors (Lipinski definition) is 0. The van der Waals surface area contributed by atoms with Gasteiger partial charge in [0.25, 0.3) is 0 Å². The van der Waals surface area contributed by atoms with Gasteiger partial charge in [-0.15, -0.1) is 0 Å². The minimum atomic E-state index is -0.730. The van der Waals surface area contributed by atoms with Crippen LogP contribution in [-0.4, -0.2) is 25.9 Å². The fourth-order valence-corrected chi connectivity index (χ4v) is 40.5. The summed E-state index contributed by atoms with van der Waals surface area (Å²) in [7, 11) is 0.0440. The highest BCUT2D eigenvalue weighted by Crippen LogP contribution is 2.42. The lowest BCUT2D eigenvalue weighted by atomic mass is 10.2. The normalized spacial score (nSPS) is 15.2. The molecular formula is C14H28Si3. The van der Waals surface area contributed by atoms with E-state index in [1.165, 1.54) is 9.76 Å². The Balaban J connectivity index is 3.09. The van der Waals surface area contributed by atoms with Gasteiger partial charge in [-0.2, -0.15) is 0 Å². The summed E-state index contributed by atoms with van der Waals surface area (Å²) in [6.07, 6.45) is 0. The predicted molar refractivity (Wildman–Crippen MR) is 89.7 cm³/mol. The summed E-state index contributed by atoms with van der Waals surface area (Å²) in [4.78, 5) is 0. The minimum absolute atomic E-state index is 0.562. The fourth-order valence-electron chi connectivity index (χ4n) is 3.75. The van der Waals surface area contributed by atoms with Crippen LogP contribution in [0.15, 0.2) is 30.3 Å². The highest BCUT2D eigenvalue weighted by Gasteiger charge is 2.40. The van der Waals surface area contributed by atoms with Crippen molar-refractivity contribution in [3.8, 4) is 0 Å². The van der Waals surface area contributed by atoms with E-state index >= 15 is 0 Å². The van der Waals surface area contributed by atoms with Gasteiger partial charge in [-0.3, -0.25) is 0 Å². The molecule has 1 rings (SSSR count). The van der Waals surface area contributed by atoms with Crippen LogP contribution in [0.25, 0.3) is 0 Å². The van der Waals surface area contributed by atoms with Crippen LogP contribution >= 0.6 is 0 Å². The van der Waals surface area contributed by atoms with Crippen molar-refractivity contribution in [3.63, 3.8) is 0 Å². The van der Waals surface area contributed by atoms with Crippen molar-refractivity contribution >= 4 is 31.1 Å². The van der Waals surface area contributed by atoms with Gasteiger partial charge in [0.15, 0.2) is 0 Å². The summed E-state index contributed by atoms with van der Waals surface area (Å²) >= 11 is 0.